The molecule has 0 saturated carbocycles. The van der Waals surface area contributed by atoms with Crippen molar-refractivity contribution in [2.24, 2.45) is 0 Å². The Bertz CT molecular complexity index is 920. The van der Waals surface area contributed by atoms with Crippen molar-refractivity contribution in [3.63, 3.8) is 0 Å². The zero-order valence-corrected chi connectivity index (χ0v) is 14.7. The molecule has 0 N–H and O–H groups in total. The molecule has 0 radical (unpaired) electrons. The molecular formula is C22H15NSe. The molecule has 0 spiro atoms. The van der Waals surface area contributed by atoms with E-state index >= 15 is 0 Å². The minimum absolute atomic E-state index is 0.454. The molecule has 2 heteroatoms. The molecule has 1 aliphatic carbocycles. The molecule has 0 fully saturated rings. The summed E-state index contributed by atoms with van der Waals surface area (Å²) in [6.45, 7) is 0. The van der Waals surface area contributed by atoms with Crippen LogP contribution in [0, 0.1) is 11.3 Å². The first-order valence-electron chi connectivity index (χ1n) is 8.20. The van der Waals surface area contributed by atoms with Gasteiger partial charge < -0.3 is 0 Å². The Morgan fingerprint density at radius 2 is 1.25 bits per heavy atom. The fraction of sp³-hybridized carbons (Fsp3) is 0.136. The van der Waals surface area contributed by atoms with E-state index in [1.807, 2.05) is 12.1 Å². The van der Waals surface area contributed by atoms with Crippen molar-refractivity contribution in [2.45, 2.75) is 15.6 Å². The fourth-order valence-electron chi connectivity index (χ4n) is 4.12. The molecule has 3 aromatic rings. The van der Waals surface area contributed by atoms with Gasteiger partial charge in [-0.2, -0.15) is 0 Å². The summed E-state index contributed by atoms with van der Waals surface area (Å²) in [4.78, 5) is 1.11. The van der Waals surface area contributed by atoms with Crippen molar-refractivity contribution in [3.8, 4) is 6.07 Å². The molecule has 0 aromatic heterocycles. The third-order valence-corrected chi connectivity index (χ3v) is 8.57. The zero-order chi connectivity index (χ0) is 16.1. The molecule has 3 aromatic carbocycles. The van der Waals surface area contributed by atoms with Crippen LogP contribution >= 0.6 is 0 Å². The predicted molar refractivity (Wildman–Crippen MR) is 96.2 cm³/mol. The Morgan fingerprint density at radius 3 is 1.79 bits per heavy atom. The van der Waals surface area contributed by atoms with E-state index in [-0.39, 0.29) is 0 Å². The SMILES string of the molecule is N#Cc1ccc(C2[Se]C3c4ccccc4C2c2ccccc23)cc1. The summed E-state index contributed by atoms with van der Waals surface area (Å²) >= 11 is 0.488. The van der Waals surface area contributed by atoms with Crippen LogP contribution in [0.1, 0.15) is 48.9 Å². The average molecular weight is 372 g/mol. The summed E-state index contributed by atoms with van der Waals surface area (Å²) in [5.74, 6) is 0.454. The van der Waals surface area contributed by atoms with Crippen molar-refractivity contribution < 1.29 is 0 Å². The Kier molecular flexibility index (Phi) is 3.13. The first kappa shape index (κ1) is 14.0. The second-order valence-electron chi connectivity index (χ2n) is 6.41. The fourth-order valence-corrected chi connectivity index (χ4v) is 7.85. The van der Waals surface area contributed by atoms with Crippen molar-refractivity contribution in [1.29, 1.82) is 5.26 Å². The molecule has 0 amide bonds. The van der Waals surface area contributed by atoms with E-state index in [4.69, 9.17) is 5.26 Å². The first-order valence-corrected chi connectivity index (χ1v) is 10.2. The number of nitrogens with zero attached hydrogens (tertiary/aromatic N) is 1. The second-order valence-corrected chi connectivity index (χ2v) is 9.03. The van der Waals surface area contributed by atoms with E-state index in [2.05, 4.69) is 66.7 Å². The Morgan fingerprint density at radius 1 is 0.708 bits per heavy atom. The van der Waals surface area contributed by atoms with E-state index in [1.54, 1.807) is 0 Å². The van der Waals surface area contributed by atoms with Gasteiger partial charge in [-0.3, -0.25) is 0 Å². The maximum absolute atomic E-state index is 9.06. The van der Waals surface area contributed by atoms with Crippen molar-refractivity contribution in [2.75, 3.05) is 0 Å². The van der Waals surface area contributed by atoms with Crippen molar-refractivity contribution in [3.05, 3.63) is 106 Å². The molecule has 2 aliphatic heterocycles. The van der Waals surface area contributed by atoms with Gasteiger partial charge in [0.05, 0.1) is 0 Å². The Labute approximate surface area is 148 Å². The van der Waals surface area contributed by atoms with Crippen LogP contribution in [0.3, 0.4) is 0 Å². The number of hydrogen-bond acceptors (Lipinski definition) is 1. The summed E-state index contributed by atoms with van der Waals surface area (Å²) < 4.78 is 0. The van der Waals surface area contributed by atoms with Gasteiger partial charge in [0.25, 0.3) is 0 Å². The number of rotatable bonds is 1. The molecular weight excluding hydrogens is 357 g/mol. The molecule has 24 heavy (non-hydrogen) atoms. The zero-order valence-electron chi connectivity index (χ0n) is 13.0. The van der Waals surface area contributed by atoms with Crippen LogP contribution in [-0.2, 0) is 0 Å². The number of benzene rings is 3. The van der Waals surface area contributed by atoms with Gasteiger partial charge in [0.2, 0.25) is 0 Å². The summed E-state index contributed by atoms with van der Waals surface area (Å²) in [6, 6.07) is 28.4. The van der Waals surface area contributed by atoms with Crippen LogP contribution in [0.5, 0.6) is 0 Å². The Hall–Kier alpha value is -2.33. The van der Waals surface area contributed by atoms with Crippen molar-refractivity contribution >= 4 is 15.0 Å². The van der Waals surface area contributed by atoms with E-state index in [0.29, 0.717) is 30.5 Å². The van der Waals surface area contributed by atoms with Crippen LogP contribution in [0.2, 0.25) is 0 Å². The van der Waals surface area contributed by atoms with Gasteiger partial charge in [-0.15, -0.1) is 0 Å². The van der Waals surface area contributed by atoms with E-state index in [0.717, 1.165) is 5.56 Å². The minimum atomic E-state index is 0.454. The van der Waals surface area contributed by atoms with Crippen LogP contribution < -0.4 is 0 Å². The van der Waals surface area contributed by atoms with Gasteiger partial charge >= 0.3 is 148 Å². The van der Waals surface area contributed by atoms with E-state index < -0.39 is 0 Å². The van der Waals surface area contributed by atoms with Gasteiger partial charge in [0, 0.05) is 0 Å². The van der Waals surface area contributed by atoms with Crippen LogP contribution in [-0.4, -0.2) is 15.0 Å². The molecule has 6 rings (SSSR count). The van der Waals surface area contributed by atoms with E-state index in [9.17, 15) is 0 Å². The second kappa shape index (κ2) is 5.35. The number of hydrogen-bond donors (Lipinski definition) is 0. The molecule has 3 aliphatic rings. The predicted octanol–water partition coefficient (Wildman–Crippen LogP) is 4.55. The van der Waals surface area contributed by atoms with Gasteiger partial charge in [0.1, 0.15) is 0 Å². The van der Waals surface area contributed by atoms with Crippen LogP contribution in [0.25, 0.3) is 0 Å². The molecule has 2 heterocycles. The third-order valence-electron chi connectivity index (χ3n) is 5.18. The summed E-state index contributed by atoms with van der Waals surface area (Å²) in [5, 5.41) is 9.06. The van der Waals surface area contributed by atoms with Crippen LogP contribution in [0.4, 0.5) is 0 Å². The third kappa shape index (κ3) is 1.93. The molecule has 2 bridgehead atoms. The van der Waals surface area contributed by atoms with Crippen LogP contribution in [0.15, 0.2) is 72.8 Å². The topological polar surface area (TPSA) is 23.8 Å². The van der Waals surface area contributed by atoms with Gasteiger partial charge in [-0.1, -0.05) is 0 Å². The average Bonchev–Trinajstić information content (AvgIpc) is 2.68. The van der Waals surface area contributed by atoms with Gasteiger partial charge in [0.15, 0.2) is 0 Å². The quantitative estimate of drug-likeness (QED) is 0.575. The normalized spacial score (nSPS) is 23.2. The summed E-state index contributed by atoms with van der Waals surface area (Å²) in [5.41, 5.74) is 8.20. The standard InChI is InChI=1S/C22H15NSe/c23-13-14-9-11-15(12-10-14)21-20-16-5-1-3-7-18(16)22(24-21)19-8-4-2-6-17(19)20/h1-12,20-22H. The summed E-state index contributed by atoms with van der Waals surface area (Å²) in [6.07, 6.45) is 0. The van der Waals surface area contributed by atoms with Crippen molar-refractivity contribution in [1.82, 2.24) is 0 Å². The molecule has 1 atom stereocenters. The number of fused-ring (bicyclic) bond motifs is 1. The molecule has 114 valence electrons. The summed E-state index contributed by atoms with van der Waals surface area (Å²) in [7, 11) is 0. The molecule has 1 nitrogen and oxygen atoms in total. The van der Waals surface area contributed by atoms with E-state index in [1.165, 1.54) is 27.8 Å². The van der Waals surface area contributed by atoms with Gasteiger partial charge in [-0.25, -0.2) is 0 Å². The number of nitriles is 1. The van der Waals surface area contributed by atoms with Gasteiger partial charge in [-0.05, 0) is 0 Å². The monoisotopic (exact) mass is 373 g/mol. The maximum atomic E-state index is 9.06. The molecule has 0 saturated heterocycles. The Balaban J connectivity index is 1.69. The first-order chi connectivity index (χ1) is 11.9. The molecule has 1 unspecified atom stereocenters.